The van der Waals surface area contributed by atoms with E-state index in [2.05, 4.69) is 33.0 Å². The molecule has 1 fully saturated rings. The van der Waals surface area contributed by atoms with Gasteiger partial charge >= 0.3 is 5.97 Å². The molecule has 4 heteroatoms. The molecule has 0 aromatic heterocycles. The summed E-state index contributed by atoms with van der Waals surface area (Å²) < 4.78 is 5.14. The molecule has 1 N–H and O–H groups in total. The Bertz CT molecular complexity index is 565. The lowest BCUT2D eigenvalue weighted by Crippen LogP contribution is -2.45. The van der Waals surface area contributed by atoms with Crippen LogP contribution >= 0.6 is 0 Å². The van der Waals surface area contributed by atoms with Crippen LogP contribution in [0, 0.1) is 11.8 Å². The smallest absolute Gasteiger partial charge is 0.338 e. The van der Waals surface area contributed by atoms with Crippen LogP contribution < -0.4 is 5.32 Å². The van der Waals surface area contributed by atoms with Crippen molar-refractivity contribution >= 4 is 11.9 Å². The van der Waals surface area contributed by atoms with E-state index in [0.717, 1.165) is 12.8 Å². The van der Waals surface area contributed by atoms with Crippen LogP contribution in [0.3, 0.4) is 0 Å². The predicted molar refractivity (Wildman–Crippen MR) is 94.9 cm³/mol. The van der Waals surface area contributed by atoms with Gasteiger partial charge in [0.05, 0.1) is 5.56 Å². The van der Waals surface area contributed by atoms with Crippen LogP contribution in [0.25, 0.3) is 0 Å². The maximum atomic E-state index is 12.1. The van der Waals surface area contributed by atoms with Crippen molar-refractivity contribution in [2.24, 2.45) is 11.8 Å². The van der Waals surface area contributed by atoms with Crippen molar-refractivity contribution < 1.29 is 14.3 Å². The number of ether oxygens (including phenoxy) is 1. The number of rotatable bonds is 5. The van der Waals surface area contributed by atoms with Crippen LogP contribution in [0.2, 0.25) is 0 Å². The maximum absolute atomic E-state index is 12.1. The molecule has 2 rings (SSSR count). The van der Waals surface area contributed by atoms with Gasteiger partial charge in [-0.05, 0) is 41.9 Å². The van der Waals surface area contributed by atoms with E-state index < -0.39 is 5.97 Å². The van der Waals surface area contributed by atoms with Gasteiger partial charge in [0.1, 0.15) is 0 Å². The summed E-state index contributed by atoms with van der Waals surface area (Å²) in [4.78, 5) is 24.1. The maximum Gasteiger partial charge on any atom is 0.338 e. The highest BCUT2D eigenvalue weighted by Crippen LogP contribution is 2.29. The van der Waals surface area contributed by atoms with Gasteiger partial charge in [-0.3, -0.25) is 4.79 Å². The molecule has 1 saturated carbocycles. The normalized spacial score (nSPS) is 23.8. The second-order valence-electron chi connectivity index (χ2n) is 7.29. The lowest BCUT2D eigenvalue weighted by molar-refractivity contribution is -0.125. The fourth-order valence-electron chi connectivity index (χ4n) is 3.25. The lowest BCUT2D eigenvalue weighted by Gasteiger charge is -2.34. The zero-order chi connectivity index (χ0) is 17.7. The molecule has 0 radical (unpaired) electrons. The summed E-state index contributed by atoms with van der Waals surface area (Å²) in [7, 11) is 0. The van der Waals surface area contributed by atoms with Gasteiger partial charge in [0.2, 0.25) is 0 Å². The van der Waals surface area contributed by atoms with Gasteiger partial charge < -0.3 is 10.1 Å². The van der Waals surface area contributed by atoms with Crippen LogP contribution in [-0.2, 0) is 9.53 Å². The number of hydrogen-bond donors (Lipinski definition) is 1. The first-order chi connectivity index (χ1) is 11.4. The summed E-state index contributed by atoms with van der Waals surface area (Å²) in [5, 5.41) is 3.01. The molecule has 0 heterocycles. The third-order valence-corrected chi connectivity index (χ3v) is 5.20. The second-order valence-corrected chi connectivity index (χ2v) is 7.29. The monoisotopic (exact) mass is 331 g/mol. The molecule has 0 spiro atoms. The first-order valence-electron chi connectivity index (χ1n) is 8.95. The second kappa shape index (κ2) is 8.32. The Morgan fingerprint density at radius 3 is 2.46 bits per heavy atom. The summed E-state index contributed by atoms with van der Waals surface area (Å²) in [6, 6.07) is 7.53. The fraction of sp³-hybridized carbons (Fsp3) is 0.600. The van der Waals surface area contributed by atoms with Crippen molar-refractivity contribution in [2.75, 3.05) is 6.61 Å². The number of amides is 1. The molecular weight excluding hydrogens is 302 g/mol. The average Bonchev–Trinajstić information content (AvgIpc) is 2.57. The minimum atomic E-state index is -0.453. The van der Waals surface area contributed by atoms with Crippen LogP contribution in [0.15, 0.2) is 24.3 Å². The van der Waals surface area contributed by atoms with Crippen molar-refractivity contribution in [1.82, 2.24) is 5.32 Å². The number of esters is 1. The molecule has 3 atom stereocenters. The first kappa shape index (κ1) is 18.5. The number of nitrogens with one attached hydrogen (secondary N) is 1. The minimum absolute atomic E-state index is 0.185. The van der Waals surface area contributed by atoms with E-state index in [9.17, 15) is 9.59 Å². The molecule has 1 amide bonds. The number of carbonyl (C=O) groups is 2. The highest BCUT2D eigenvalue weighted by atomic mass is 16.5. The number of carbonyl (C=O) groups excluding carboxylic acids is 2. The highest BCUT2D eigenvalue weighted by Gasteiger charge is 2.28. The molecule has 0 aliphatic heterocycles. The Morgan fingerprint density at radius 1 is 1.17 bits per heavy atom. The third kappa shape index (κ3) is 4.83. The predicted octanol–water partition coefficient (Wildman–Crippen LogP) is 3.91. The first-order valence-corrected chi connectivity index (χ1v) is 8.95. The van der Waals surface area contributed by atoms with Crippen molar-refractivity contribution in [3.63, 3.8) is 0 Å². The summed E-state index contributed by atoms with van der Waals surface area (Å²) in [5.41, 5.74) is 1.65. The Labute approximate surface area is 145 Å². The van der Waals surface area contributed by atoms with E-state index in [4.69, 9.17) is 4.74 Å². The third-order valence-electron chi connectivity index (χ3n) is 5.20. The topological polar surface area (TPSA) is 55.4 Å². The van der Waals surface area contributed by atoms with E-state index in [1.54, 1.807) is 12.1 Å². The molecule has 132 valence electrons. The zero-order valence-corrected chi connectivity index (χ0v) is 15.2. The van der Waals surface area contributed by atoms with Gasteiger partial charge in [-0.1, -0.05) is 52.7 Å². The number of hydrogen-bond acceptors (Lipinski definition) is 3. The van der Waals surface area contributed by atoms with Crippen molar-refractivity contribution in [2.45, 2.75) is 58.9 Å². The van der Waals surface area contributed by atoms with Gasteiger partial charge in [0, 0.05) is 6.04 Å². The Morgan fingerprint density at radius 2 is 1.83 bits per heavy atom. The van der Waals surface area contributed by atoms with E-state index in [-0.39, 0.29) is 18.6 Å². The molecule has 1 aromatic rings. The highest BCUT2D eigenvalue weighted by molar-refractivity contribution is 5.91. The summed E-state index contributed by atoms with van der Waals surface area (Å²) in [6.45, 7) is 8.39. The largest absolute Gasteiger partial charge is 0.452 e. The van der Waals surface area contributed by atoms with Gasteiger partial charge in [-0.15, -0.1) is 0 Å². The fourth-order valence-corrected chi connectivity index (χ4v) is 3.25. The molecule has 0 unspecified atom stereocenters. The Kier molecular flexibility index (Phi) is 6.41. The average molecular weight is 331 g/mol. The van der Waals surface area contributed by atoms with E-state index in [1.165, 1.54) is 12.0 Å². The molecule has 1 aliphatic rings. The van der Waals surface area contributed by atoms with Crippen molar-refractivity contribution in [3.05, 3.63) is 35.4 Å². The Hall–Kier alpha value is -1.84. The van der Waals surface area contributed by atoms with Gasteiger partial charge in [0.25, 0.3) is 5.91 Å². The molecule has 0 saturated heterocycles. The summed E-state index contributed by atoms with van der Waals surface area (Å²) >= 11 is 0. The summed E-state index contributed by atoms with van der Waals surface area (Å²) in [5.74, 6) is 0.826. The van der Waals surface area contributed by atoms with Crippen LogP contribution in [0.5, 0.6) is 0 Å². The molecule has 1 aliphatic carbocycles. The van der Waals surface area contributed by atoms with E-state index >= 15 is 0 Å². The molecule has 4 nitrogen and oxygen atoms in total. The van der Waals surface area contributed by atoms with Crippen LogP contribution in [-0.4, -0.2) is 24.5 Å². The van der Waals surface area contributed by atoms with Crippen LogP contribution in [0.1, 0.15) is 68.8 Å². The van der Waals surface area contributed by atoms with Crippen LogP contribution in [0.4, 0.5) is 0 Å². The van der Waals surface area contributed by atoms with E-state index in [0.29, 0.717) is 23.3 Å². The van der Waals surface area contributed by atoms with Crippen molar-refractivity contribution in [3.8, 4) is 0 Å². The van der Waals surface area contributed by atoms with Gasteiger partial charge in [-0.25, -0.2) is 4.79 Å². The van der Waals surface area contributed by atoms with Crippen molar-refractivity contribution in [1.29, 1.82) is 0 Å². The minimum Gasteiger partial charge on any atom is -0.452 e. The van der Waals surface area contributed by atoms with Gasteiger partial charge in [-0.2, -0.15) is 0 Å². The zero-order valence-electron chi connectivity index (χ0n) is 15.2. The van der Waals surface area contributed by atoms with E-state index in [1.807, 2.05) is 12.1 Å². The van der Waals surface area contributed by atoms with Gasteiger partial charge in [0.15, 0.2) is 6.61 Å². The molecule has 24 heavy (non-hydrogen) atoms. The standard InChI is InChI=1S/C20H29NO3/c1-13(2)16-8-10-17(11-9-16)20(23)24-12-19(22)21-18-7-5-6-14(3)15(18)4/h8-11,13-15,18H,5-7,12H2,1-4H3,(H,21,22)/t14-,15-,18-/m1/s1. The molecule has 0 bridgehead atoms. The molecular formula is C20H29NO3. The lowest BCUT2D eigenvalue weighted by atomic mass is 9.78. The number of benzene rings is 1. The molecule has 1 aromatic carbocycles. The SMILES string of the molecule is CC(C)c1ccc(C(=O)OCC(=O)N[C@@H]2CCC[C@@H](C)[C@H]2C)cc1. The Balaban J connectivity index is 1.81. The summed E-state index contributed by atoms with van der Waals surface area (Å²) in [6.07, 6.45) is 3.36. The quantitative estimate of drug-likeness (QED) is 0.832.